The largest absolute Gasteiger partial charge is 0.355 e. The SMILES string of the molecule is CCc1cccc(NC(=O)CNC(=NC)NCCn2cnnc2CC)c1. The lowest BCUT2D eigenvalue weighted by molar-refractivity contribution is -0.115. The van der Waals surface area contributed by atoms with E-state index in [1.807, 2.05) is 35.8 Å². The Balaban J connectivity index is 1.74. The zero-order valence-corrected chi connectivity index (χ0v) is 15.6. The smallest absolute Gasteiger partial charge is 0.243 e. The van der Waals surface area contributed by atoms with E-state index in [1.165, 1.54) is 5.56 Å². The normalized spacial score (nSPS) is 11.3. The van der Waals surface area contributed by atoms with Crippen LogP contribution in [-0.2, 0) is 24.2 Å². The third-order valence-electron chi connectivity index (χ3n) is 3.92. The van der Waals surface area contributed by atoms with Gasteiger partial charge in [-0.05, 0) is 24.1 Å². The maximum Gasteiger partial charge on any atom is 0.243 e. The third kappa shape index (κ3) is 5.87. The van der Waals surface area contributed by atoms with E-state index >= 15 is 0 Å². The molecular formula is C18H27N7O. The molecule has 8 nitrogen and oxygen atoms in total. The van der Waals surface area contributed by atoms with Gasteiger partial charge in [-0.1, -0.05) is 26.0 Å². The molecule has 1 heterocycles. The van der Waals surface area contributed by atoms with Crippen molar-refractivity contribution in [3.63, 3.8) is 0 Å². The molecule has 2 rings (SSSR count). The molecule has 1 aromatic carbocycles. The summed E-state index contributed by atoms with van der Waals surface area (Å²) in [4.78, 5) is 16.2. The van der Waals surface area contributed by atoms with Crippen LogP contribution in [-0.4, -0.2) is 46.8 Å². The van der Waals surface area contributed by atoms with Gasteiger partial charge in [-0.15, -0.1) is 10.2 Å². The average molecular weight is 357 g/mol. The standard InChI is InChI=1S/C18H27N7O/c1-4-14-7-6-8-15(11-14)23-17(26)12-21-18(19-3)20-9-10-25-13-22-24-16(25)5-2/h6-8,11,13H,4-5,9-10,12H2,1-3H3,(H,23,26)(H2,19,20,21). The lowest BCUT2D eigenvalue weighted by Gasteiger charge is -2.13. The van der Waals surface area contributed by atoms with Crippen LogP contribution in [0, 0.1) is 0 Å². The van der Waals surface area contributed by atoms with Crippen molar-refractivity contribution >= 4 is 17.6 Å². The van der Waals surface area contributed by atoms with Crippen LogP contribution in [0.4, 0.5) is 5.69 Å². The summed E-state index contributed by atoms with van der Waals surface area (Å²) in [6.45, 7) is 5.66. The van der Waals surface area contributed by atoms with Crippen LogP contribution in [0.15, 0.2) is 35.6 Å². The fourth-order valence-corrected chi connectivity index (χ4v) is 2.49. The highest BCUT2D eigenvalue weighted by Crippen LogP contribution is 2.10. The van der Waals surface area contributed by atoms with E-state index in [0.717, 1.165) is 30.9 Å². The van der Waals surface area contributed by atoms with Gasteiger partial charge in [-0.2, -0.15) is 0 Å². The van der Waals surface area contributed by atoms with Gasteiger partial charge >= 0.3 is 0 Å². The molecule has 2 aromatic rings. The van der Waals surface area contributed by atoms with Crippen LogP contribution in [0.5, 0.6) is 0 Å². The number of carbonyl (C=O) groups is 1. The summed E-state index contributed by atoms with van der Waals surface area (Å²) in [5, 5.41) is 17.0. The number of nitrogens with one attached hydrogen (secondary N) is 3. The number of aromatic nitrogens is 3. The van der Waals surface area contributed by atoms with Crippen molar-refractivity contribution in [2.24, 2.45) is 4.99 Å². The van der Waals surface area contributed by atoms with Gasteiger partial charge in [0, 0.05) is 32.2 Å². The number of guanidine groups is 1. The Morgan fingerprint density at radius 2 is 2.08 bits per heavy atom. The first-order valence-electron chi connectivity index (χ1n) is 8.86. The predicted molar refractivity (Wildman–Crippen MR) is 103 cm³/mol. The number of aliphatic imine (C=N–C) groups is 1. The molecule has 0 saturated carbocycles. The fourth-order valence-electron chi connectivity index (χ4n) is 2.49. The molecule has 3 N–H and O–H groups in total. The Morgan fingerprint density at radius 1 is 1.23 bits per heavy atom. The molecule has 8 heteroatoms. The van der Waals surface area contributed by atoms with Crippen LogP contribution in [0.3, 0.4) is 0 Å². The average Bonchev–Trinajstić information content (AvgIpc) is 3.12. The van der Waals surface area contributed by atoms with Crippen LogP contribution in [0.2, 0.25) is 0 Å². The monoisotopic (exact) mass is 357 g/mol. The minimum atomic E-state index is -0.117. The number of benzene rings is 1. The van der Waals surface area contributed by atoms with Crippen molar-refractivity contribution in [1.82, 2.24) is 25.4 Å². The number of aryl methyl sites for hydroxylation is 2. The van der Waals surface area contributed by atoms with Gasteiger partial charge in [0.25, 0.3) is 0 Å². The molecule has 0 aliphatic heterocycles. The zero-order chi connectivity index (χ0) is 18.8. The lowest BCUT2D eigenvalue weighted by atomic mass is 10.1. The molecule has 1 aromatic heterocycles. The topological polar surface area (TPSA) is 96.2 Å². The molecule has 0 aliphatic rings. The molecule has 0 radical (unpaired) electrons. The predicted octanol–water partition coefficient (Wildman–Crippen LogP) is 1.21. The number of hydrogen-bond acceptors (Lipinski definition) is 4. The van der Waals surface area contributed by atoms with E-state index in [4.69, 9.17) is 0 Å². The second-order valence-corrected chi connectivity index (χ2v) is 5.75. The second kappa shape index (κ2) is 10.2. The highest BCUT2D eigenvalue weighted by Gasteiger charge is 2.06. The molecule has 0 bridgehead atoms. The van der Waals surface area contributed by atoms with Crippen LogP contribution in [0.25, 0.3) is 0 Å². The number of carbonyl (C=O) groups excluding carboxylic acids is 1. The Hall–Kier alpha value is -2.90. The number of nitrogens with zero attached hydrogens (tertiary/aromatic N) is 4. The Labute approximate surface area is 154 Å². The maximum absolute atomic E-state index is 12.1. The van der Waals surface area contributed by atoms with Crippen molar-refractivity contribution in [1.29, 1.82) is 0 Å². The summed E-state index contributed by atoms with van der Waals surface area (Å²) in [5.74, 6) is 1.41. The zero-order valence-electron chi connectivity index (χ0n) is 15.6. The van der Waals surface area contributed by atoms with Gasteiger partial charge in [-0.3, -0.25) is 9.79 Å². The van der Waals surface area contributed by atoms with Gasteiger partial charge < -0.3 is 20.5 Å². The van der Waals surface area contributed by atoms with Gasteiger partial charge in [0.2, 0.25) is 5.91 Å². The van der Waals surface area contributed by atoms with Gasteiger partial charge in [-0.25, -0.2) is 0 Å². The molecule has 0 aliphatic carbocycles. The summed E-state index contributed by atoms with van der Waals surface area (Å²) in [7, 11) is 1.67. The Kier molecular flexibility index (Phi) is 7.60. The van der Waals surface area contributed by atoms with E-state index in [0.29, 0.717) is 12.5 Å². The van der Waals surface area contributed by atoms with Crippen molar-refractivity contribution in [2.45, 2.75) is 33.2 Å². The quantitative estimate of drug-likeness (QED) is 0.487. The van der Waals surface area contributed by atoms with E-state index < -0.39 is 0 Å². The lowest BCUT2D eigenvalue weighted by Crippen LogP contribution is -2.42. The van der Waals surface area contributed by atoms with Gasteiger partial charge in [0.1, 0.15) is 12.2 Å². The summed E-state index contributed by atoms with van der Waals surface area (Å²) in [6, 6.07) is 7.85. The van der Waals surface area contributed by atoms with E-state index in [1.54, 1.807) is 13.4 Å². The molecule has 0 spiro atoms. The Morgan fingerprint density at radius 3 is 2.81 bits per heavy atom. The number of hydrogen-bond donors (Lipinski definition) is 3. The van der Waals surface area contributed by atoms with Crippen LogP contribution >= 0.6 is 0 Å². The molecule has 0 fully saturated rings. The number of anilines is 1. The minimum absolute atomic E-state index is 0.117. The van der Waals surface area contributed by atoms with Crippen LogP contribution in [0.1, 0.15) is 25.2 Å². The van der Waals surface area contributed by atoms with Crippen molar-refractivity contribution in [3.05, 3.63) is 42.0 Å². The molecular weight excluding hydrogens is 330 g/mol. The minimum Gasteiger partial charge on any atom is -0.355 e. The molecule has 0 atom stereocenters. The number of rotatable bonds is 8. The summed E-state index contributed by atoms with van der Waals surface area (Å²) in [5.41, 5.74) is 1.99. The van der Waals surface area contributed by atoms with Crippen molar-refractivity contribution < 1.29 is 4.79 Å². The molecule has 140 valence electrons. The first-order chi connectivity index (χ1) is 12.7. The molecule has 0 saturated heterocycles. The summed E-state index contributed by atoms with van der Waals surface area (Å²) >= 11 is 0. The first-order valence-corrected chi connectivity index (χ1v) is 8.86. The maximum atomic E-state index is 12.1. The molecule has 1 amide bonds. The number of amides is 1. The first kappa shape index (κ1) is 19.4. The molecule has 26 heavy (non-hydrogen) atoms. The van der Waals surface area contributed by atoms with Crippen molar-refractivity contribution in [3.8, 4) is 0 Å². The highest BCUT2D eigenvalue weighted by atomic mass is 16.1. The third-order valence-corrected chi connectivity index (χ3v) is 3.92. The van der Waals surface area contributed by atoms with E-state index in [-0.39, 0.29) is 12.5 Å². The van der Waals surface area contributed by atoms with E-state index in [2.05, 4.69) is 38.1 Å². The van der Waals surface area contributed by atoms with E-state index in [9.17, 15) is 4.79 Å². The van der Waals surface area contributed by atoms with Gasteiger partial charge in [0.15, 0.2) is 5.96 Å². The second-order valence-electron chi connectivity index (χ2n) is 5.75. The summed E-state index contributed by atoms with van der Waals surface area (Å²) in [6.07, 6.45) is 3.49. The van der Waals surface area contributed by atoms with Gasteiger partial charge in [0.05, 0.1) is 6.54 Å². The highest BCUT2D eigenvalue weighted by molar-refractivity contribution is 5.95. The van der Waals surface area contributed by atoms with Crippen LogP contribution < -0.4 is 16.0 Å². The Bertz CT molecular complexity index is 739. The summed E-state index contributed by atoms with van der Waals surface area (Å²) < 4.78 is 1.99. The fraction of sp³-hybridized carbons (Fsp3) is 0.444. The molecule has 0 unspecified atom stereocenters. The van der Waals surface area contributed by atoms with Crippen molar-refractivity contribution in [2.75, 3.05) is 25.5 Å².